The van der Waals surface area contributed by atoms with Crippen molar-refractivity contribution in [3.63, 3.8) is 0 Å². The van der Waals surface area contributed by atoms with E-state index in [-0.39, 0.29) is 23.3 Å². The van der Waals surface area contributed by atoms with Crippen molar-refractivity contribution in [1.29, 1.82) is 0 Å². The van der Waals surface area contributed by atoms with Gasteiger partial charge in [-0.3, -0.25) is 0 Å². The molecule has 1 fully saturated rings. The minimum atomic E-state index is -1.66. The molecule has 0 aliphatic carbocycles. The predicted molar refractivity (Wildman–Crippen MR) is 67.6 cm³/mol. The number of aryl methyl sites for hydroxylation is 1. The third kappa shape index (κ3) is 2.50. The maximum Gasteiger partial charge on any atom is 0.208 e. The third-order valence-corrected chi connectivity index (χ3v) is 3.47. The zero-order valence-electron chi connectivity index (χ0n) is 11.6. The molecule has 2 unspecified atom stereocenters. The first-order valence-corrected chi connectivity index (χ1v) is 6.26. The number of halogens is 2. The summed E-state index contributed by atoms with van der Waals surface area (Å²) in [7, 11) is 0. The minimum absolute atomic E-state index is 0.143. The highest BCUT2D eigenvalue weighted by molar-refractivity contribution is 5.30. The molecule has 0 bridgehead atoms. The van der Waals surface area contributed by atoms with Gasteiger partial charge < -0.3 is 15.2 Å². The molecule has 2 atom stereocenters. The zero-order valence-corrected chi connectivity index (χ0v) is 11.6. The van der Waals surface area contributed by atoms with E-state index < -0.39 is 23.5 Å². The van der Waals surface area contributed by atoms with Crippen LogP contribution in [0.15, 0.2) is 12.1 Å². The maximum absolute atomic E-state index is 13.5. The largest absolute Gasteiger partial charge is 0.361 e. The van der Waals surface area contributed by atoms with E-state index in [2.05, 4.69) is 5.32 Å². The quantitative estimate of drug-likeness (QED) is 0.823. The number of hydrogen-bond donors (Lipinski definition) is 2. The molecule has 19 heavy (non-hydrogen) atoms. The summed E-state index contributed by atoms with van der Waals surface area (Å²) in [5.74, 6) is -3.54. The fourth-order valence-corrected chi connectivity index (χ4v) is 2.41. The van der Waals surface area contributed by atoms with Crippen molar-refractivity contribution in [2.24, 2.45) is 0 Å². The Morgan fingerprint density at radius 2 is 2.00 bits per heavy atom. The molecule has 1 saturated heterocycles. The van der Waals surface area contributed by atoms with E-state index in [9.17, 15) is 13.9 Å². The molecule has 3 nitrogen and oxygen atoms in total. The summed E-state index contributed by atoms with van der Waals surface area (Å²) in [4.78, 5) is 0. The predicted octanol–water partition coefficient (Wildman–Crippen LogP) is 2.21. The monoisotopic (exact) mass is 271 g/mol. The number of hydrogen-bond acceptors (Lipinski definition) is 3. The van der Waals surface area contributed by atoms with Gasteiger partial charge in [0.25, 0.3) is 0 Å². The Balaban J connectivity index is 2.41. The van der Waals surface area contributed by atoms with Gasteiger partial charge in [-0.05, 0) is 45.4 Å². The second kappa shape index (κ2) is 4.51. The zero-order chi connectivity index (χ0) is 14.4. The fourth-order valence-electron chi connectivity index (χ4n) is 2.41. The van der Waals surface area contributed by atoms with Crippen molar-refractivity contribution in [3.05, 3.63) is 34.9 Å². The lowest BCUT2D eigenvalue weighted by Gasteiger charge is -2.46. The average molecular weight is 271 g/mol. The number of ether oxygens (including phenoxy) is 1. The van der Waals surface area contributed by atoms with E-state index in [1.54, 1.807) is 6.92 Å². The molecular formula is C14H19F2NO2. The molecule has 0 saturated carbocycles. The van der Waals surface area contributed by atoms with E-state index in [4.69, 9.17) is 4.74 Å². The normalized spacial score (nSPS) is 30.4. The Labute approximate surface area is 111 Å². The Bertz CT molecular complexity index is 481. The summed E-state index contributed by atoms with van der Waals surface area (Å²) in [6.07, 6.45) is 0. The Morgan fingerprint density at radius 3 is 2.53 bits per heavy atom. The van der Waals surface area contributed by atoms with Crippen LogP contribution in [0, 0.1) is 18.6 Å². The summed E-state index contributed by atoms with van der Waals surface area (Å²) in [5, 5.41) is 13.8. The van der Waals surface area contributed by atoms with Gasteiger partial charge >= 0.3 is 0 Å². The summed E-state index contributed by atoms with van der Waals surface area (Å²) < 4.78 is 32.3. The SMILES string of the molecule is Cc1cc(C2(O)OCC(C)(C)NC2C)cc(F)c1F. The van der Waals surface area contributed by atoms with Crippen molar-refractivity contribution in [2.75, 3.05) is 6.61 Å². The summed E-state index contributed by atoms with van der Waals surface area (Å²) >= 11 is 0. The Kier molecular flexibility index (Phi) is 3.41. The van der Waals surface area contributed by atoms with Gasteiger partial charge in [-0.15, -0.1) is 0 Å². The lowest BCUT2D eigenvalue weighted by molar-refractivity contribution is -0.263. The molecule has 1 heterocycles. The fraction of sp³-hybridized carbons (Fsp3) is 0.571. The number of aliphatic hydroxyl groups is 1. The standard InChI is InChI=1S/C14H19F2NO2/c1-8-5-10(6-11(15)12(8)16)14(18)9(2)17-13(3,4)7-19-14/h5-6,9,17-18H,7H2,1-4H3. The lowest BCUT2D eigenvalue weighted by Crippen LogP contribution is -2.63. The highest BCUT2D eigenvalue weighted by Gasteiger charge is 2.45. The number of rotatable bonds is 1. The van der Waals surface area contributed by atoms with Crippen LogP contribution in [0.25, 0.3) is 0 Å². The molecule has 1 aliphatic heterocycles. The van der Waals surface area contributed by atoms with Crippen molar-refractivity contribution in [1.82, 2.24) is 5.32 Å². The molecule has 0 radical (unpaired) electrons. The Hall–Kier alpha value is -1.04. The lowest BCUT2D eigenvalue weighted by atomic mass is 9.91. The van der Waals surface area contributed by atoms with Gasteiger partial charge in [0.05, 0.1) is 12.6 Å². The summed E-state index contributed by atoms with van der Waals surface area (Å²) in [5.41, 5.74) is 0.0858. The number of morpholine rings is 1. The van der Waals surface area contributed by atoms with Crippen LogP contribution in [0.4, 0.5) is 8.78 Å². The average Bonchev–Trinajstić information content (AvgIpc) is 2.30. The van der Waals surface area contributed by atoms with Crippen molar-refractivity contribution >= 4 is 0 Å². The summed E-state index contributed by atoms with van der Waals surface area (Å²) in [6, 6.07) is 1.95. The van der Waals surface area contributed by atoms with Gasteiger partial charge in [-0.2, -0.15) is 0 Å². The van der Waals surface area contributed by atoms with E-state index >= 15 is 0 Å². The third-order valence-electron chi connectivity index (χ3n) is 3.47. The van der Waals surface area contributed by atoms with Crippen LogP contribution in [0.3, 0.4) is 0 Å². The highest BCUT2D eigenvalue weighted by atomic mass is 19.2. The second-order valence-corrected chi connectivity index (χ2v) is 5.82. The van der Waals surface area contributed by atoms with E-state index in [0.29, 0.717) is 0 Å². The van der Waals surface area contributed by atoms with Gasteiger partial charge in [0.1, 0.15) is 0 Å². The molecule has 5 heteroatoms. The van der Waals surface area contributed by atoms with Crippen molar-refractivity contribution in [2.45, 2.75) is 45.1 Å². The van der Waals surface area contributed by atoms with Crippen molar-refractivity contribution in [3.8, 4) is 0 Å². The van der Waals surface area contributed by atoms with Gasteiger partial charge in [0, 0.05) is 11.1 Å². The second-order valence-electron chi connectivity index (χ2n) is 5.82. The molecule has 0 spiro atoms. The molecule has 106 valence electrons. The molecular weight excluding hydrogens is 252 g/mol. The van der Waals surface area contributed by atoms with Crippen LogP contribution in [-0.2, 0) is 10.5 Å². The molecule has 1 aliphatic rings. The Morgan fingerprint density at radius 1 is 1.37 bits per heavy atom. The molecule has 2 rings (SSSR count). The van der Waals surface area contributed by atoms with Crippen molar-refractivity contribution < 1.29 is 18.6 Å². The van der Waals surface area contributed by atoms with Crippen LogP contribution >= 0.6 is 0 Å². The van der Waals surface area contributed by atoms with Crippen LogP contribution < -0.4 is 5.32 Å². The maximum atomic E-state index is 13.5. The summed E-state index contributed by atoms with van der Waals surface area (Å²) in [6.45, 7) is 7.36. The minimum Gasteiger partial charge on any atom is -0.361 e. The van der Waals surface area contributed by atoms with Gasteiger partial charge in [-0.25, -0.2) is 8.78 Å². The number of nitrogens with one attached hydrogen (secondary N) is 1. The first-order valence-electron chi connectivity index (χ1n) is 6.26. The van der Waals surface area contributed by atoms with Crippen LogP contribution in [0.5, 0.6) is 0 Å². The first-order chi connectivity index (χ1) is 8.66. The van der Waals surface area contributed by atoms with E-state index in [0.717, 1.165) is 6.07 Å². The number of benzene rings is 1. The highest BCUT2D eigenvalue weighted by Crippen LogP contribution is 2.34. The first kappa shape index (κ1) is 14.4. The van der Waals surface area contributed by atoms with E-state index in [1.807, 2.05) is 13.8 Å². The van der Waals surface area contributed by atoms with Gasteiger partial charge in [-0.1, -0.05) is 0 Å². The van der Waals surface area contributed by atoms with E-state index in [1.165, 1.54) is 13.0 Å². The molecule has 2 N–H and O–H groups in total. The van der Waals surface area contributed by atoms with Gasteiger partial charge in [0.15, 0.2) is 11.6 Å². The smallest absolute Gasteiger partial charge is 0.208 e. The molecule has 1 aromatic carbocycles. The molecule has 0 aromatic heterocycles. The molecule has 1 aromatic rings. The molecule has 0 amide bonds. The topological polar surface area (TPSA) is 41.5 Å². The van der Waals surface area contributed by atoms with Crippen LogP contribution in [-0.4, -0.2) is 23.3 Å². The van der Waals surface area contributed by atoms with Gasteiger partial charge in [0.2, 0.25) is 5.79 Å². The van der Waals surface area contributed by atoms with Crippen LogP contribution in [0.1, 0.15) is 31.9 Å². The van der Waals surface area contributed by atoms with Crippen LogP contribution in [0.2, 0.25) is 0 Å².